The molecule has 4 aliphatic rings. The number of rotatable bonds is 4. The van der Waals surface area contributed by atoms with Crippen molar-refractivity contribution in [2.45, 2.75) is 44.7 Å². The zero-order valence-electron chi connectivity index (χ0n) is 12.6. The van der Waals surface area contributed by atoms with Crippen molar-refractivity contribution in [3.8, 4) is 5.75 Å². The van der Waals surface area contributed by atoms with Crippen LogP contribution in [0.1, 0.15) is 37.7 Å². The Labute approximate surface area is 135 Å². The second-order valence-electron chi connectivity index (χ2n) is 7.31. The van der Waals surface area contributed by atoms with Crippen LogP contribution in [0.5, 0.6) is 5.75 Å². The number of methoxy groups -OCH3 is 1. The van der Waals surface area contributed by atoms with Crippen molar-refractivity contribution in [3.63, 3.8) is 0 Å². The molecule has 0 atom stereocenters. The Kier molecular flexibility index (Phi) is 3.74. The molecular formula is C18H24BrNO. The Bertz CT molecular complexity index is 502. The molecule has 0 amide bonds. The summed E-state index contributed by atoms with van der Waals surface area (Å²) in [5.74, 6) is 4.92. The molecule has 0 unspecified atom stereocenters. The van der Waals surface area contributed by atoms with Crippen molar-refractivity contribution in [2.24, 2.45) is 23.7 Å². The van der Waals surface area contributed by atoms with Crippen LogP contribution in [0, 0.1) is 23.7 Å². The van der Waals surface area contributed by atoms with E-state index in [0.717, 1.165) is 46.5 Å². The predicted molar refractivity (Wildman–Crippen MR) is 88.4 cm³/mol. The maximum absolute atomic E-state index is 5.30. The van der Waals surface area contributed by atoms with Gasteiger partial charge in [0.1, 0.15) is 5.75 Å². The van der Waals surface area contributed by atoms with Crippen molar-refractivity contribution in [1.82, 2.24) is 5.32 Å². The number of benzene rings is 1. The van der Waals surface area contributed by atoms with E-state index in [4.69, 9.17) is 4.74 Å². The molecule has 114 valence electrons. The van der Waals surface area contributed by atoms with Gasteiger partial charge in [0.05, 0.1) is 11.6 Å². The van der Waals surface area contributed by atoms with Crippen molar-refractivity contribution in [3.05, 3.63) is 28.2 Å². The molecule has 5 rings (SSSR count). The van der Waals surface area contributed by atoms with Crippen LogP contribution in [0.2, 0.25) is 0 Å². The number of ether oxygens (including phenoxy) is 1. The van der Waals surface area contributed by atoms with Crippen LogP contribution >= 0.6 is 15.9 Å². The van der Waals surface area contributed by atoms with Gasteiger partial charge < -0.3 is 10.1 Å². The lowest BCUT2D eigenvalue weighted by Crippen LogP contribution is -2.54. The van der Waals surface area contributed by atoms with Gasteiger partial charge in [-0.25, -0.2) is 0 Å². The van der Waals surface area contributed by atoms with Gasteiger partial charge in [-0.2, -0.15) is 0 Å². The normalized spacial score (nSPS) is 37.0. The molecule has 0 radical (unpaired) electrons. The van der Waals surface area contributed by atoms with E-state index < -0.39 is 0 Å². The molecular weight excluding hydrogens is 326 g/mol. The molecule has 0 aromatic heterocycles. The number of nitrogens with one attached hydrogen (secondary N) is 1. The first kappa shape index (κ1) is 14.1. The number of halogens is 1. The van der Waals surface area contributed by atoms with Crippen LogP contribution in [0.15, 0.2) is 22.7 Å². The first-order valence-corrected chi connectivity index (χ1v) is 9.08. The van der Waals surface area contributed by atoms with Crippen molar-refractivity contribution in [2.75, 3.05) is 7.11 Å². The molecule has 2 nitrogen and oxygen atoms in total. The smallest absolute Gasteiger partial charge is 0.133 e. The predicted octanol–water partition coefficient (Wildman–Crippen LogP) is 4.37. The minimum atomic E-state index is 0.763. The molecule has 21 heavy (non-hydrogen) atoms. The molecule has 4 bridgehead atoms. The Morgan fingerprint density at radius 2 is 1.76 bits per heavy atom. The first-order chi connectivity index (χ1) is 10.2. The molecule has 4 fully saturated rings. The summed E-state index contributed by atoms with van der Waals surface area (Å²) in [6.45, 7) is 0.982. The van der Waals surface area contributed by atoms with E-state index in [0.29, 0.717) is 0 Å². The summed E-state index contributed by atoms with van der Waals surface area (Å²) in [6, 6.07) is 7.17. The molecule has 4 saturated carbocycles. The van der Waals surface area contributed by atoms with Gasteiger partial charge in [0.25, 0.3) is 0 Å². The monoisotopic (exact) mass is 349 g/mol. The molecule has 0 saturated heterocycles. The third-order valence-corrected chi connectivity index (χ3v) is 6.60. The Morgan fingerprint density at radius 3 is 2.33 bits per heavy atom. The fraction of sp³-hybridized carbons (Fsp3) is 0.667. The quantitative estimate of drug-likeness (QED) is 0.871. The highest BCUT2D eigenvalue weighted by molar-refractivity contribution is 9.10. The third kappa shape index (κ3) is 2.63. The molecule has 4 aliphatic carbocycles. The fourth-order valence-electron chi connectivity index (χ4n) is 5.31. The van der Waals surface area contributed by atoms with Gasteiger partial charge in [-0.1, -0.05) is 6.07 Å². The van der Waals surface area contributed by atoms with Crippen molar-refractivity contribution in [1.29, 1.82) is 0 Å². The van der Waals surface area contributed by atoms with E-state index in [2.05, 4.69) is 39.4 Å². The highest BCUT2D eigenvalue weighted by atomic mass is 79.9. The highest BCUT2D eigenvalue weighted by Crippen LogP contribution is 2.53. The van der Waals surface area contributed by atoms with Crippen LogP contribution in [0.4, 0.5) is 0 Å². The largest absolute Gasteiger partial charge is 0.496 e. The third-order valence-electron chi connectivity index (χ3n) is 5.98. The second kappa shape index (κ2) is 5.58. The maximum Gasteiger partial charge on any atom is 0.133 e. The van der Waals surface area contributed by atoms with Crippen molar-refractivity contribution < 1.29 is 4.74 Å². The van der Waals surface area contributed by atoms with Gasteiger partial charge in [0, 0.05) is 12.6 Å². The van der Waals surface area contributed by atoms with Gasteiger partial charge in [0.15, 0.2) is 0 Å². The fourth-order valence-corrected chi connectivity index (χ4v) is 5.90. The average molecular weight is 350 g/mol. The second-order valence-corrected chi connectivity index (χ2v) is 8.16. The van der Waals surface area contributed by atoms with E-state index >= 15 is 0 Å². The molecule has 0 aliphatic heterocycles. The lowest BCUT2D eigenvalue weighted by Gasteiger charge is -2.54. The number of hydrogen-bond donors (Lipinski definition) is 1. The van der Waals surface area contributed by atoms with Crippen LogP contribution in [0.25, 0.3) is 0 Å². The maximum atomic E-state index is 5.30. The van der Waals surface area contributed by atoms with E-state index in [-0.39, 0.29) is 0 Å². The summed E-state index contributed by atoms with van der Waals surface area (Å²) < 4.78 is 6.35. The topological polar surface area (TPSA) is 21.3 Å². The lowest BCUT2D eigenvalue weighted by atomic mass is 9.54. The Hall–Kier alpha value is -0.540. The molecule has 1 aromatic rings. The minimum absolute atomic E-state index is 0.763. The molecule has 1 N–H and O–H groups in total. The van der Waals surface area contributed by atoms with E-state index in [9.17, 15) is 0 Å². The van der Waals surface area contributed by atoms with Crippen LogP contribution < -0.4 is 10.1 Å². The van der Waals surface area contributed by atoms with Gasteiger partial charge in [-0.05, 0) is 89.4 Å². The highest BCUT2D eigenvalue weighted by Gasteiger charge is 2.47. The van der Waals surface area contributed by atoms with E-state index in [1.807, 2.05) is 0 Å². The van der Waals surface area contributed by atoms with E-state index in [1.165, 1.54) is 37.7 Å². The van der Waals surface area contributed by atoms with Crippen molar-refractivity contribution >= 4 is 15.9 Å². The van der Waals surface area contributed by atoms with Gasteiger partial charge >= 0.3 is 0 Å². The minimum Gasteiger partial charge on any atom is -0.496 e. The standard InChI is InChI=1S/C18H24BrNO/c1-21-17-3-2-11(9-16(17)19)10-20-18-14-5-12-4-13(7-14)8-15(18)6-12/h2-3,9,12-15,18,20H,4-8,10H2,1H3. The Morgan fingerprint density at radius 1 is 1.10 bits per heavy atom. The SMILES string of the molecule is COc1ccc(CNC2C3CC4CC(C3)CC2C4)cc1Br. The van der Waals surface area contributed by atoms with Gasteiger partial charge in [-0.15, -0.1) is 0 Å². The van der Waals surface area contributed by atoms with E-state index in [1.54, 1.807) is 7.11 Å². The summed E-state index contributed by atoms with van der Waals surface area (Å²) in [5, 5.41) is 3.88. The summed E-state index contributed by atoms with van der Waals surface area (Å²) in [7, 11) is 1.71. The molecule has 1 aromatic carbocycles. The van der Waals surface area contributed by atoms with Gasteiger partial charge in [-0.3, -0.25) is 0 Å². The lowest BCUT2D eigenvalue weighted by molar-refractivity contribution is -0.0142. The summed E-state index contributed by atoms with van der Waals surface area (Å²) >= 11 is 3.58. The number of hydrogen-bond acceptors (Lipinski definition) is 2. The summed E-state index contributed by atoms with van der Waals surface area (Å²) in [5.41, 5.74) is 1.34. The van der Waals surface area contributed by atoms with Crippen LogP contribution in [-0.4, -0.2) is 13.2 Å². The zero-order chi connectivity index (χ0) is 14.4. The van der Waals surface area contributed by atoms with Gasteiger partial charge in [0.2, 0.25) is 0 Å². The average Bonchev–Trinajstić information content (AvgIpc) is 2.46. The molecule has 0 spiro atoms. The summed E-state index contributed by atoms with van der Waals surface area (Å²) in [4.78, 5) is 0. The zero-order valence-corrected chi connectivity index (χ0v) is 14.2. The first-order valence-electron chi connectivity index (χ1n) is 8.28. The molecule has 3 heteroatoms. The Balaban J connectivity index is 1.42. The molecule has 0 heterocycles. The van der Waals surface area contributed by atoms with Crippen LogP contribution in [-0.2, 0) is 6.54 Å². The van der Waals surface area contributed by atoms with Crippen LogP contribution in [0.3, 0.4) is 0 Å². The summed E-state index contributed by atoms with van der Waals surface area (Å²) in [6.07, 6.45) is 7.47.